The molecule has 2 heterocycles. The highest BCUT2D eigenvalue weighted by molar-refractivity contribution is 6.70. The molecular formula is C23H25FN4O2. The molecule has 2 N–H and O–H groups in total. The fraction of sp³-hybridized carbons (Fsp3) is 0.348. The van der Waals surface area contributed by atoms with Gasteiger partial charge in [-0.3, -0.25) is 4.79 Å². The Hall–Kier alpha value is -3.06. The van der Waals surface area contributed by atoms with Crippen LogP contribution in [0, 0.1) is 12.7 Å². The van der Waals surface area contributed by atoms with Gasteiger partial charge in [-0.05, 0) is 67.1 Å². The summed E-state index contributed by atoms with van der Waals surface area (Å²) in [6.45, 7) is 4.79. The largest absolute Gasteiger partial charge is 0.355 e. The molecule has 4 rings (SSSR count). The van der Waals surface area contributed by atoms with Crippen LogP contribution < -0.4 is 10.2 Å². The first kappa shape index (κ1) is 20.2. The van der Waals surface area contributed by atoms with Crippen molar-refractivity contribution in [3.05, 3.63) is 58.9 Å². The molecule has 2 aliphatic rings. The highest BCUT2D eigenvalue weighted by Gasteiger charge is 2.35. The first-order chi connectivity index (χ1) is 14.5. The number of rotatable bonds is 6. The zero-order chi connectivity index (χ0) is 21.3. The molecule has 1 amide bonds. The zero-order valence-corrected chi connectivity index (χ0v) is 17.2. The summed E-state index contributed by atoms with van der Waals surface area (Å²) in [4.78, 5) is 23.2. The van der Waals surface area contributed by atoms with Crippen LogP contribution in [-0.4, -0.2) is 35.5 Å². The number of benzene rings is 2. The Kier molecular flexibility index (Phi) is 5.63. The summed E-state index contributed by atoms with van der Waals surface area (Å²) in [6, 6.07) is 10.6. The van der Waals surface area contributed by atoms with Gasteiger partial charge in [-0.15, -0.1) is 0 Å². The fourth-order valence-corrected chi connectivity index (χ4v) is 3.92. The Balaban J connectivity index is 1.67. The van der Waals surface area contributed by atoms with E-state index in [1.165, 1.54) is 17.7 Å². The number of hydrogen-bond donors (Lipinski definition) is 2. The van der Waals surface area contributed by atoms with Gasteiger partial charge in [-0.1, -0.05) is 25.5 Å². The number of nitrogens with one attached hydrogen (secondary N) is 1. The lowest BCUT2D eigenvalue weighted by Gasteiger charge is -2.34. The predicted octanol–water partition coefficient (Wildman–Crippen LogP) is 3.42. The van der Waals surface area contributed by atoms with E-state index in [1.54, 1.807) is 12.1 Å². The molecule has 0 fully saturated rings. The molecule has 2 aromatic carbocycles. The summed E-state index contributed by atoms with van der Waals surface area (Å²) in [5.74, 6) is -0.291. The second-order valence-electron chi connectivity index (χ2n) is 7.66. The highest BCUT2D eigenvalue weighted by Crippen LogP contribution is 2.37. The summed E-state index contributed by atoms with van der Waals surface area (Å²) in [5, 5.41) is 12.4. The number of amidine groups is 1. The molecule has 2 aliphatic heterocycles. The van der Waals surface area contributed by atoms with Crippen molar-refractivity contribution in [3.8, 4) is 0 Å². The number of aliphatic imine (C=N–C) groups is 2. The molecule has 0 aromatic heterocycles. The molecular weight excluding hydrogens is 383 g/mol. The number of aryl methyl sites for hydroxylation is 3. The zero-order valence-electron chi connectivity index (χ0n) is 17.2. The smallest absolute Gasteiger partial charge is 0.277 e. The number of aliphatic hydroxyl groups excluding tert-OH is 1. The Labute approximate surface area is 175 Å². The molecule has 2 aromatic rings. The number of amides is 1. The van der Waals surface area contributed by atoms with Gasteiger partial charge in [0, 0.05) is 6.54 Å². The van der Waals surface area contributed by atoms with Crippen molar-refractivity contribution in [1.82, 2.24) is 5.32 Å². The van der Waals surface area contributed by atoms with Gasteiger partial charge in [0.25, 0.3) is 5.91 Å². The Morgan fingerprint density at radius 3 is 2.70 bits per heavy atom. The average molecular weight is 408 g/mol. The third-order valence-corrected chi connectivity index (χ3v) is 5.42. The number of fused-ring (bicyclic) bond motifs is 2. The minimum atomic E-state index is -1.28. The number of aliphatic hydroxyl groups is 1. The Morgan fingerprint density at radius 1 is 1.20 bits per heavy atom. The second-order valence-corrected chi connectivity index (χ2v) is 7.66. The van der Waals surface area contributed by atoms with Gasteiger partial charge < -0.3 is 15.3 Å². The van der Waals surface area contributed by atoms with Crippen LogP contribution in [0.1, 0.15) is 36.5 Å². The molecule has 0 radical (unpaired) electrons. The molecule has 7 heteroatoms. The van der Waals surface area contributed by atoms with Gasteiger partial charge >= 0.3 is 0 Å². The maximum absolute atomic E-state index is 13.2. The summed E-state index contributed by atoms with van der Waals surface area (Å²) < 4.78 is 13.2. The second kappa shape index (κ2) is 8.36. The van der Waals surface area contributed by atoms with Crippen LogP contribution in [0.15, 0.2) is 46.4 Å². The molecule has 0 saturated heterocycles. The Bertz CT molecular complexity index is 1030. The number of nitrogens with zero attached hydrogens (tertiary/aromatic N) is 3. The van der Waals surface area contributed by atoms with Crippen LogP contribution >= 0.6 is 0 Å². The van der Waals surface area contributed by atoms with E-state index in [2.05, 4.69) is 35.2 Å². The molecule has 1 unspecified atom stereocenters. The standard InChI is InChI=1S/C23H25FN4O2/c1-3-5-16-13-19-18(12-14(16)2)25-20-21(26-23(30)27-22(20)29)28(19)11-4-6-15-7-9-17(24)10-8-15/h7-10,12-13,23,30H,3-6,11H2,1-2H3,(H,27,29). The van der Waals surface area contributed by atoms with Crippen LogP contribution in [0.3, 0.4) is 0 Å². The first-order valence-electron chi connectivity index (χ1n) is 10.3. The number of hydrogen-bond acceptors (Lipinski definition) is 5. The van der Waals surface area contributed by atoms with E-state index in [9.17, 15) is 14.3 Å². The van der Waals surface area contributed by atoms with Gasteiger partial charge in [0.05, 0.1) is 11.4 Å². The van der Waals surface area contributed by atoms with Gasteiger partial charge in [0.2, 0.25) is 6.35 Å². The maximum Gasteiger partial charge on any atom is 0.277 e. The van der Waals surface area contributed by atoms with Crippen molar-refractivity contribution in [2.24, 2.45) is 9.98 Å². The van der Waals surface area contributed by atoms with E-state index in [4.69, 9.17) is 0 Å². The summed E-state index contributed by atoms with van der Waals surface area (Å²) in [6.07, 6.45) is 2.23. The minimum absolute atomic E-state index is 0.220. The lowest BCUT2D eigenvalue weighted by atomic mass is 9.99. The summed E-state index contributed by atoms with van der Waals surface area (Å²) in [7, 11) is 0. The summed E-state index contributed by atoms with van der Waals surface area (Å²) >= 11 is 0. The van der Waals surface area contributed by atoms with Crippen molar-refractivity contribution in [3.63, 3.8) is 0 Å². The molecule has 0 saturated carbocycles. The lowest BCUT2D eigenvalue weighted by Crippen LogP contribution is -2.53. The van der Waals surface area contributed by atoms with E-state index in [0.717, 1.165) is 48.2 Å². The first-order valence-corrected chi connectivity index (χ1v) is 10.3. The van der Waals surface area contributed by atoms with Crippen molar-refractivity contribution < 1.29 is 14.3 Å². The highest BCUT2D eigenvalue weighted by atomic mass is 19.1. The summed E-state index contributed by atoms with van der Waals surface area (Å²) in [5.41, 5.74) is 5.27. The number of carbonyl (C=O) groups excluding carboxylic acids is 1. The van der Waals surface area contributed by atoms with Crippen molar-refractivity contribution in [2.45, 2.75) is 45.9 Å². The minimum Gasteiger partial charge on any atom is -0.355 e. The van der Waals surface area contributed by atoms with Crippen LogP contribution in [0.25, 0.3) is 0 Å². The normalized spacial score (nSPS) is 17.7. The van der Waals surface area contributed by atoms with Crippen LogP contribution in [0.4, 0.5) is 15.8 Å². The van der Waals surface area contributed by atoms with Gasteiger partial charge in [0.1, 0.15) is 5.82 Å². The van der Waals surface area contributed by atoms with Crippen molar-refractivity contribution in [2.75, 3.05) is 11.4 Å². The van der Waals surface area contributed by atoms with E-state index in [0.29, 0.717) is 12.4 Å². The third kappa shape index (κ3) is 3.98. The van der Waals surface area contributed by atoms with Gasteiger partial charge in [0.15, 0.2) is 11.5 Å². The number of anilines is 1. The topological polar surface area (TPSA) is 77.3 Å². The van der Waals surface area contributed by atoms with Crippen molar-refractivity contribution in [1.29, 1.82) is 0 Å². The molecule has 30 heavy (non-hydrogen) atoms. The van der Waals surface area contributed by atoms with Gasteiger partial charge in [-0.25, -0.2) is 14.4 Å². The van der Waals surface area contributed by atoms with Crippen LogP contribution in [0.5, 0.6) is 0 Å². The SMILES string of the molecule is CCCc1cc2c(cc1C)N=C1C(=O)NC(O)N=C1N2CCCc1ccc(F)cc1. The monoisotopic (exact) mass is 408 g/mol. The Morgan fingerprint density at radius 2 is 1.97 bits per heavy atom. The van der Waals surface area contributed by atoms with E-state index in [1.807, 2.05) is 11.0 Å². The van der Waals surface area contributed by atoms with E-state index < -0.39 is 12.3 Å². The number of halogens is 1. The maximum atomic E-state index is 13.2. The van der Waals surface area contributed by atoms with Gasteiger partial charge in [-0.2, -0.15) is 0 Å². The van der Waals surface area contributed by atoms with Crippen molar-refractivity contribution >= 4 is 28.8 Å². The quantitative estimate of drug-likeness (QED) is 0.769. The molecule has 0 spiro atoms. The van der Waals surface area contributed by atoms with E-state index in [-0.39, 0.29) is 11.5 Å². The van der Waals surface area contributed by atoms with Crippen LogP contribution in [-0.2, 0) is 17.6 Å². The third-order valence-electron chi connectivity index (χ3n) is 5.42. The fourth-order valence-electron chi connectivity index (χ4n) is 3.92. The molecule has 6 nitrogen and oxygen atoms in total. The van der Waals surface area contributed by atoms with Crippen LogP contribution in [0.2, 0.25) is 0 Å². The average Bonchev–Trinajstić information content (AvgIpc) is 2.71. The molecule has 0 bridgehead atoms. The van der Waals surface area contributed by atoms with E-state index >= 15 is 0 Å². The number of carbonyl (C=O) groups is 1. The molecule has 156 valence electrons. The molecule has 1 atom stereocenters. The molecule has 0 aliphatic carbocycles. The predicted molar refractivity (Wildman–Crippen MR) is 116 cm³/mol. The lowest BCUT2D eigenvalue weighted by molar-refractivity contribution is -0.117.